The number of ether oxygens (including phenoxy) is 4. The number of esters is 2. The fourth-order valence-electron chi connectivity index (χ4n) is 5.61. The van der Waals surface area contributed by atoms with Gasteiger partial charge in [0.25, 0.3) is 0 Å². The summed E-state index contributed by atoms with van der Waals surface area (Å²) in [6.07, 6.45) is 18.6. The second kappa shape index (κ2) is 23.9. The van der Waals surface area contributed by atoms with E-state index in [2.05, 4.69) is 32.1 Å². The second-order valence-corrected chi connectivity index (χ2v) is 13.5. The maximum absolute atomic E-state index is 13.3. The van der Waals surface area contributed by atoms with Gasteiger partial charge >= 0.3 is 11.9 Å². The molecule has 0 fully saturated rings. The molecule has 2 N–H and O–H groups in total. The Balaban J connectivity index is 1.27. The topological polar surface area (TPSA) is 112 Å². The number of hydrogen-bond donors (Lipinski definition) is 2. The first-order valence-corrected chi connectivity index (χ1v) is 18.7. The zero-order chi connectivity index (χ0) is 35.9. The Kier molecular flexibility index (Phi) is 19.5. The standard InChI is InChI=1S/C42H60O8/c1-3-34(2)32-49-41(46)42(25-23-38(24-26-42)37-17-13-12-14-18-37)50-33-35-19-21-39(22-20-35)47-27-15-10-8-6-4-5-7-9-11-16-28-48-40(45)29-36(30-43)31-44/h12-14,17-25,34,36,43-44H,3-11,15-16,26-33H2,1-2H3. The van der Waals surface area contributed by atoms with Gasteiger partial charge in [0.15, 0.2) is 5.60 Å². The molecule has 0 bridgehead atoms. The lowest BCUT2D eigenvalue weighted by atomic mass is 9.89. The van der Waals surface area contributed by atoms with Crippen molar-refractivity contribution >= 4 is 17.5 Å². The van der Waals surface area contributed by atoms with Gasteiger partial charge < -0.3 is 29.2 Å². The molecular weight excluding hydrogens is 632 g/mol. The number of carbonyl (C=O) groups is 2. The zero-order valence-electron chi connectivity index (χ0n) is 30.4. The highest BCUT2D eigenvalue weighted by atomic mass is 16.6. The van der Waals surface area contributed by atoms with E-state index in [-0.39, 0.29) is 38.2 Å². The maximum atomic E-state index is 13.3. The number of unbranched alkanes of at least 4 members (excludes halogenated alkanes) is 9. The van der Waals surface area contributed by atoms with E-state index in [4.69, 9.17) is 29.2 Å². The highest BCUT2D eigenvalue weighted by molar-refractivity contribution is 5.86. The van der Waals surface area contributed by atoms with Crippen LogP contribution in [0.2, 0.25) is 0 Å². The third-order valence-corrected chi connectivity index (χ3v) is 9.27. The van der Waals surface area contributed by atoms with Crippen molar-refractivity contribution in [2.24, 2.45) is 11.8 Å². The Morgan fingerprint density at radius 2 is 1.42 bits per heavy atom. The van der Waals surface area contributed by atoms with E-state index in [9.17, 15) is 9.59 Å². The molecule has 0 saturated carbocycles. The molecule has 2 atom stereocenters. The van der Waals surface area contributed by atoms with E-state index in [0.29, 0.717) is 32.2 Å². The molecule has 8 nitrogen and oxygen atoms in total. The highest BCUT2D eigenvalue weighted by Gasteiger charge is 2.40. The van der Waals surface area contributed by atoms with E-state index < -0.39 is 11.5 Å². The monoisotopic (exact) mass is 692 g/mol. The molecule has 2 aromatic carbocycles. The first-order chi connectivity index (χ1) is 24.4. The van der Waals surface area contributed by atoms with Gasteiger partial charge in [-0.2, -0.15) is 0 Å². The quantitative estimate of drug-likeness (QED) is 0.0747. The van der Waals surface area contributed by atoms with Gasteiger partial charge in [0.05, 0.1) is 32.8 Å². The minimum atomic E-state index is -1.16. The molecule has 2 unspecified atom stereocenters. The lowest BCUT2D eigenvalue weighted by Crippen LogP contribution is -2.42. The Labute approximate surface area is 299 Å². The normalized spacial score (nSPS) is 16.2. The molecular formula is C42H60O8. The predicted molar refractivity (Wildman–Crippen MR) is 197 cm³/mol. The van der Waals surface area contributed by atoms with Crippen LogP contribution in [0.1, 0.15) is 108 Å². The number of carbonyl (C=O) groups excluding carboxylic acids is 2. The lowest BCUT2D eigenvalue weighted by molar-refractivity contribution is -0.168. The van der Waals surface area contributed by atoms with Gasteiger partial charge in [0, 0.05) is 25.6 Å². The van der Waals surface area contributed by atoms with Gasteiger partial charge in [0.1, 0.15) is 5.75 Å². The molecule has 0 heterocycles. The smallest absolute Gasteiger partial charge is 0.342 e. The fraction of sp³-hybridized carbons (Fsp3) is 0.571. The summed E-state index contributed by atoms with van der Waals surface area (Å²) in [6.45, 7) is 5.51. The van der Waals surface area contributed by atoms with Crippen molar-refractivity contribution in [3.05, 3.63) is 84.0 Å². The highest BCUT2D eigenvalue weighted by Crippen LogP contribution is 2.32. The number of aliphatic hydroxyl groups is 2. The van der Waals surface area contributed by atoms with Gasteiger partial charge in [-0.05, 0) is 53.7 Å². The average molecular weight is 693 g/mol. The van der Waals surface area contributed by atoms with E-state index in [1.807, 2.05) is 54.6 Å². The van der Waals surface area contributed by atoms with Crippen LogP contribution in [-0.2, 0) is 30.4 Å². The molecule has 50 heavy (non-hydrogen) atoms. The molecule has 3 rings (SSSR count). The maximum Gasteiger partial charge on any atom is 0.342 e. The summed E-state index contributed by atoms with van der Waals surface area (Å²) < 4.78 is 23.2. The van der Waals surface area contributed by atoms with Crippen LogP contribution in [0.3, 0.4) is 0 Å². The summed E-state index contributed by atoms with van der Waals surface area (Å²) in [5, 5.41) is 18.1. The van der Waals surface area contributed by atoms with Crippen LogP contribution in [-0.4, -0.2) is 60.8 Å². The van der Waals surface area contributed by atoms with Crippen molar-refractivity contribution in [1.29, 1.82) is 0 Å². The van der Waals surface area contributed by atoms with Crippen molar-refractivity contribution in [1.82, 2.24) is 0 Å². The fourth-order valence-corrected chi connectivity index (χ4v) is 5.61. The van der Waals surface area contributed by atoms with Crippen molar-refractivity contribution in [3.8, 4) is 5.75 Å². The first-order valence-electron chi connectivity index (χ1n) is 18.7. The molecule has 1 aliphatic carbocycles. The number of rotatable bonds is 26. The summed E-state index contributed by atoms with van der Waals surface area (Å²) >= 11 is 0. The van der Waals surface area contributed by atoms with Gasteiger partial charge in [-0.1, -0.05) is 126 Å². The second-order valence-electron chi connectivity index (χ2n) is 13.5. The molecule has 0 spiro atoms. The summed E-state index contributed by atoms with van der Waals surface area (Å²) in [4.78, 5) is 25.0. The Hall–Kier alpha value is -3.46. The number of aliphatic hydroxyl groups excluding tert-OH is 2. The lowest BCUT2D eigenvalue weighted by Gasteiger charge is -2.31. The van der Waals surface area contributed by atoms with Crippen LogP contribution in [0.4, 0.5) is 0 Å². The summed E-state index contributed by atoms with van der Waals surface area (Å²) in [5.41, 5.74) is 1.98. The van der Waals surface area contributed by atoms with Crippen LogP contribution < -0.4 is 4.74 Å². The summed E-state index contributed by atoms with van der Waals surface area (Å²) in [7, 11) is 0. The number of benzene rings is 2. The molecule has 0 radical (unpaired) electrons. The Morgan fingerprint density at radius 3 is 2.00 bits per heavy atom. The summed E-state index contributed by atoms with van der Waals surface area (Å²) in [5.74, 6) is 0.000654. The van der Waals surface area contributed by atoms with Crippen molar-refractivity contribution in [2.45, 2.75) is 110 Å². The largest absolute Gasteiger partial charge is 0.494 e. The van der Waals surface area contributed by atoms with Crippen LogP contribution in [0.15, 0.2) is 72.8 Å². The van der Waals surface area contributed by atoms with Crippen molar-refractivity contribution in [3.63, 3.8) is 0 Å². The Morgan fingerprint density at radius 1 is 0.800 bits per heavy atom. The Bertz CT molecular complexity index is 1280. The summed E-state index contributed by atoms with van der Waals surface area (Å²) in [6, 6.07) is 18.0. The molecule has 2 aromatic rings. The van der Waals surface area contributed by atoms with E-state index in [1.165, 1.54) is 32.1 Å². The molecule has 0 saturated heterocycles. The molecule has 0 aliphatic heterocycles. The SMILES string of the molecule is CCC(C)COC(=O)C1(OCc2ccc(OCCCCCCCCCCCCOC(=O)CC(CO)CO)cc2)C=CC(c2ccccc2)=CC1. The third-order valence-electron chi connectivity index (χ3n) is 9.27. The van der Waals surface area contributed by atoms with Crippen LogP contribution >= 0.6 is 0 Å². The van der Waals surface area contributed by atoms with Gasteiger partial charge in [-0.15, -0.1) is 0 Å². The molecule has 276 valence electrons. The van der Waals surface area contributed by atoms with Crippen LogP contribution in [0.5, 0.6) is 5.75 Å². The molecule has 0 amide bonds. The van der Waals surface area contributed by atoms with E-state index in [1.54, 1.807) is 0 Å². The van der Waals surface area contributed by atoms with Crippen LogP contribution in [0.25, 0.3) is 5.57 Å². The average Bonchev–Trinajstić information content (AvgIpc) is 3.16. The minimum Gasteiger partial charge on any atom is -0.494 e. The van der Waals surface area contributed by atoms with E-state index >= 15 is 0 Å². The van der Waals surface area contributed by atoms with Crippen molar-refractivity contribution < 1.29 is 38.7 Å². The minimum absolute atomic E-state index is 0.0666. The number of allylic oxidation sites excluding steroid dienone is 2. The number of hydrogen-bond acceptors (Lipinski definition) is 8. The van der Waals surface area contributed by atoms with Gasteiger partial charge in [-0.3, -0.25) is 4.79 Å². The van der Waals surface area contributed by atoms with Crippen molar-refractivity contribution in [2.75, 3.05) is 33.0 Å². The van der Waals surface area contributed by atoms with Gasteiger partial charge in [0.2, 0.25) is 0 Å². The molecule has 1 aliphatic rings. The zero-order valence-corrected chi connectivity index (χ0v) is 30.4. The molecule has 8 heteroatoms. The van der Waals surface area contributed by atoms with E-state index in [0.717, 1.165) is 61.0 Å². The predicted octanol–water partition coefficient (Wildman–Crippen LogP) is 8.39. The third kappa shape index (κ3) is 15.2. The van der Waals surface area contributed by atoms with Crippen LogP contribution in [0, 0.1) is 11.8 Å². The van der Waals surface area contributed by atoms with Gasteiger partial charge in [-0.25, -0.2) is 4.79 Å². The molecule has 0 aromatic heterocycles. The first kappa shape index (κ1) is 41.0.